The number of ether oxygens (including phenoxy) is 1. The van der Waals surface area contributed by atoms with E-state index in [0.717, 1.165) is 30.3 Å². The lowest BCUT2D eigenvalue weighted by molar-refractivity contribution is 0.429. The summed E-state index contributed by atoms with van der Waals surface area (Å²) >= 11 is 0. The molecule has 0 aliphatic heterocycles. The second-order valence-corrected chi connectivity index (χ2v) is 5.10. The van der Waals surface area contributed by atoms with Crippen LogP contribution in [0.5, 0.6) is 11.6 Å². The van der Waals surface area contributed by atoms with Crippen molar-refractivity contribution >= 4 is 0 Å². The highest BCUT2D eigenvalue weighted by Gasteiger charge is 2.08. The first-order valence-corrected chi connectivity index (χ1v) is 7.12. The standard InChI is InChI=1S/C16H23N3O/c1-5-9-17-13(3)14-7-6-8-15(11-14)20-16-10-12(2)18-19(16)4/h6-8,10-11,13,17H,5,9H2,1-4H3. The van der Waals surface area contributed by atoms with Gasteiger partial charge in [-0.25, -0.2) is 4.68 Å². The third kappa shape index (κ3) is 3.61. The molecule has 1 heterocycles. The minimum absolute atomic E-state index is 0.326. The SMILES string of the molecule is CCCNC(C)c1cccc(Oc2cc(C)nn2C)c1. The first-order chi connectivity index (χ1) is 9.60. The van der Waals surface area contributed by atoms with Gasteiger partial charge in [0.2, 0.25) is 5.88 Å². The maximum absolute atomic E-state index is 5.90. The fraction of sp³-hybridized carbons (Fsp3) is 0.438. The second kappa shape index (κ2) is 6.57. The summed E-state index contributed by atoms with van der Waals surface area (Å²) in [6.07, 6.45) is 1.13. The number of hydrogen-bond donors (Lipinski definition) is 1. The lowest BCUT2D eigenvalue weighted by Crippen LogP contribution is -2.19. The molecule has 4 heteroatoms. The molecule has 1 aromatic heterocycles. The molecule has 2 aromatic rings. The van der Waals surface area contributed by atoms with Crippen LogP contribution in [-0.2, 0) is 7.05 Å². The highest BCUT2D eigenvalue weighted by Crippen LogP contribution is 2.24. The van der Waals surface area contributed by atoms with Gasteiger partial charge < -0.3 is 10.1 Å². The fourth-order valence-corrected chi connectivity index (χ4v) is 2.13. The molecule has 20 heavy (non-hydrogen) atoms. The van der Waals surface area contributed by atoms with Crippen LogP contribution < -0.4 is 10.1 Å². The summed E-state index contributed by atoms with van der Waals surface area (Å²) in [5, 5.41) is 7.77. The van der Waals surface area contributed by atoms with E-state index in [4.69, 9.17) is 4.74 Å². The predicted octanol–water partition coefficient (Wildman–Crippen LogP) is 3.58. The summed E-state index contributed by atoms with van der Waals surface area (Å²) in [5.74, 6) is 1.60. The topological polar surface area (TPSA) is 39.1 Å². The van der Waals surface area contributed by atoms with Crippen LogP contribution in [-0.4, -0.2) is 16.3 Å². The predicted molar refractivity (Wildman–Crippen MR) is 81.2 cm³/mol. The van der Waals surface area contributed by atoms with Crippen molar-refractivity contribution in [1.29, 1.82) is 0 Å². The van der Waals surface area contributed by atoms with Crippen LogP contribution in [0.15, 0.2) is 30.3 Å². The average molecular weight is 273 g/mol. The van der Waals surface area contributed by atoms with Crippen molar-refractivity contribution in [3.05, 3.63) is 41.6 Å². The van der Waals surface area contributed by atoms with Gasteiger partial charge in [0.25, 0.3) is 0 Å². The molecular weight excluding hydrogens is 250 g/mol. The van der Waals surface area contributed by atoms with E-state index in [0.29, 0.717) is 6.04 Å². The quantitative estimate of drug-likeness (QED) is 0.874. The van der Waals surface area contributed by atoms with Crippen molar-refractivity contribution in [2.45, 2.75) is 33.2 Å². The Morgan fingerprint density at radius 1 is 1.35 bits per heavy atom. The molecule has 0 fully saturated rings. The Hall–Kier alpha value is -1.81. The zero-order valence-electron chi connectivity index (χ0n) is 12.7. The average Bonchev–Trinajstić information content (AvgIpc) is 2.74. The van der Waals surface area contributed by atoms with Crippen molar-refractivity contribution in [2.75, 3.05) is 6.54 Å². The Balaban J connectivity index is 2.11. The molecule has 1 N–H and O–H groups in total. The number of hydrogen-bond acceptors (Lipinski definition) is 3. The van der Waals surface area contributed by atoms with Crippen molar-refractivity contribution in [2.24, 2.45) is 7.05 Å². The van der Waals surface area contributed by atoms with Crippen molar-refractivity contribution < 1.29 is 4.74 Å². The molecule has 0 aliphatic carbocycles. The summed E-state index contributed by atoms with van der Waals surface area (Å²) in [7, 11) is 1.89. The van der Waals surface area contributed by atoms with Gasteiger partial charge in [-0.3, -0.25) is 0 Å². The monoisotopic (exact) mass is 273 g/mol. The zero-order chi connectivity index (χ0) is 14.5. The molecule has 108 valence electrons. The van der Waals surface area contributed by atoms with Gasteiger partial charge in [-0.2, -0.15) is 5.10 Å². The minimum Gasteiger partial charge on any atom is -0.439 e. The van der Waals surface area contributed by atoms with Gasteiger partial charge >= 0.3 is 0 Å². The summed E-state index contributed by atoms with van der Waals surface area (Å²) < 4.78 is 7.65. The van der Waals surface area contributed by atoms with Gasteiger partial charge in [0.1, 0.15) is 5.75 Å². The van der Waals surface area contributed by atoms with E-state index in [1.54, 1.807) is 4.68 Å². The Labute approximate surface area is 120 Å². The Morgan fingerprint density at radius 2 is 2.15 bits per heavy atom. The van der Waals surface area contributed by atoms with Gasteiger partial charge in [-0.15, -0.1) is 0 Å². The Morgan fingerprint density at radius 3 is 2.80 bits per heavy atom. The van der Waals surface area contributed by atoms with Crippen LogP contribution in [0.3, 0.4) is 0 Å². The van der Waals surface area contributed by atoms with Gasteiger partial charge in [0.15, 0.2) is 0 Å². The molecular formula is C16H23N3O. The highest BCUT2D eigenvalue weighted by atomic mass is 16.5. The lowest BCUT2D eigenvalue weighted by atomic mass is 10.1. The van der Waals surface area contributed by atoms with E-state index in [1.807, 2.05) is 32.2 Å². The smallest absolute Gasteiger partial charge is 0.217 e. The Kier molecular flexibility index (Phi) is 4.79. The first-order valence-electron chi connectivity index (χ1n) is 7.12. The van der Waals surface area contributed by atoms with E-state index in [9.17, 15) is 0 Å². The largest absolute Gasteiger partial charge is 0.439 e. The molecule has 2 rings (SSSR count). The van der Waals surface area contributed by atoms with Gasteiger partial charge in [-0.05, 0) is 44.5 Å². The maximum Gasteiger partial charge on any atom is 0.217 e. The molecule has 1 unspecified atom stereocenters. The molecule has 1 aromatic carbocycles. The number of nitrogens with zero attached hydrogens (tertiary/aromatic N) is 2. The zero-order valence-corrected chi connectivity index (χ0v) is 12.7. The van der Waals surface area contributed by atoms with E-state index in [2.05, 4.69) is 36.4 Å². The van der Waals surface area contributed by atoms with Crippen molar-refractivity contribution in [3.63, 3.8) is 0 Å². The number of rotatable bonds is 6. The van der Waals surface area contributed by atoms with E-state index >= 15 is 0 Å². The first kappa shape index (κ1) is 14.6. The van der Waals surface area contributed by atoms with Crippen LogP contribution >= 0.6 is 0 Å². The summed E-state index contributed by atoms with van der Waals surface area (Å²) in [4.78, 5) is 0. The minimum atomic E-state index is 0.326. The maximum atomic E-state index is 5.90. The van der Waals surface area contributed by atoms with Gasteiger partial charge in [-0.1, -0.05) is 19.1 Å². The van der Waals surface area contributed by atoms with E-state index in [1.165, 1.54) is 5.56 Å². The van der Waals surface area contributed by atoms with Gasteiger partial charge in [0, 0.05) is 19.2 Å². The number of nitrogens with one attached hydrogen (secondary N) is 1. The van der Waals surface area contributed by atoms with Crippen LogP contribution in [0.4, 0.5) is 0 Å². The molecule has 0 spiro atoms. The third-order valence-electron chi connectivity index (χ3n) is 3.24. The molecule has 0 saturated heterocycles. The van der Waals surface area contributed by atoms with Crippen molar-refractivity contribution in [3.8, 4) is 11.6 Å². The lowest BCUT2D eigenvalue weighted by Gasteiger charge is -2.14. The van der Waals surface area contributed by atoms with E-state index < -0.39 is 0 Å². The van der Waals surface area contributed by atoms with Crippen LogP contribution in [0.25, 0.3) is 0 Å². The molecule has 4 nitrogen and oxygen atoms in total. The normalized spacial score (nSPS) is 12.4. The Bertz CT molecular complexity index is 563. The van der Waals surface area contributed by atoms with E-state index in [-0.39, 0.29) is 0 Å². The molecule has 1 atom stereocenters. The van der Waals surface area contributed by atoms with Gasteiger partial charge in [0.05, 0.1) is 5.69 Å². The third-order valence-corrected chi connectivity index (χ3v) is 3.24. The molecule has 0 saturated carbocycles. The summed E-state index contributed by atoms with van der Waals surface area (Å²) in [6, 6.07) is 10.5. The number of aromatic nitrogens is 2. The summed E-state index contributed by atoms with van der Waals surface area (Å²) in [6.45, 7) is 7.32. The van der Waals surface area contributed by atoms with Crippen LogP contribution in [0, 0.1) is 6.92 Å². The van der Waals surface area contributed by atoms with Crippen LogP contribution in [0.1, 0.15) is 37.6 Å². The molecule has 0 bridgehead atoms. The molecule has 0 amide bonds. The molecule has 0 aliphatic rings. The second-order valence-electron chi connectivity index (χ2n) is 5.10. The summed E-state index contributed by atoms with van der Waals surface area (Å²) in [5.41, 5.74) is 2.19. The van der Waals surface area contributed by atoms with Crippen molar-refractivity contribution in [1.82, 2.24) is 15.1 Å². The highest BCUT2D eigenvalue weighted by molar-refractivity contribution is 5.33. The van der Waals surface area contributed by atoms with Crippen LogP contribution in [0.2, 0.25) is 0 Å². The number of benzene rings is 1. The fourth-order valence-electron chi connectivity index (χ4n) is 2.13. The number of aryl methyl sites for hydroxylation is 2. The molecule has 0 radical (unpaired) electrons.